The summed E-state index contributed by atoms with van der Waals surface area (Å²) < 4.78 is 0. The van der Waals surface area contributed by atoms with Gasteiger partial charge in [-0.25, -0.2) is 0 Å². The van der Waals surface area contributed by atoms with E-state index in [4.69, 9.17) is 11.6 Å². The van der Waals surface area contributed by atoms with E-state index < -0.39 is 0 Å². The zero-order chi connectivity index (χ0) is 13.0. The number of allylic oxidation sites excluding steroid dienone is 1. The van der Waals surface area contributed by atoms with Crippen molar-refractivity contribution >= 4 is 40.4 Å². The van der Waals surface area contributed by atoms with Crippen molar-refractivity contribution in [1.29, 1.82) is 0 Å². The first kappa shape index (κ1) is 15.7. The quantitative estimate of drug-likeness (QED) is 0.561. The third-order valence-corrected chi connectivity index (χ3v) is 2.85. The second kappa shape index (κ2) is 7.27. The Labute approximate surface area is 128 Å². The van der Waals surface area contributed by atoms with Crippen LogP contribution in [0.25, 0.3) is 6.08 Å². The molecule has 0 saturated heterocycles. The lowest BCUT2D eigenvalue weighted by atomic mass is 10.1. The predicted molar refractivity (Wildman–Crippen MR) is 86.3 cm³/mol. The van der Waals surface area contributed by atoms with Crippen LogP contribution in [0.15, 0.2) is 54.6 Å². The lowest BCUT2D eigenvalue weighted by Gasteiger charge is -1.97. The molecular weight excluding hydrogens is 324 g/mol. The van der Waals surface area contributed by atoms with Crippen LogP contribution in [-0.4, -0.2) is 5.78 Å². The largest absolute Gasteiger partial charge is 0.289 e. The molecule has 0 unspecified atom stereocenters. The molecule has 0 fully saturated rings. The van der Waals surface area contributed by atoms with Crippen molar-refractivity contribution in [2.24, 2.45) is 0 Å². The maximum atomic E-state index is 11.9. The van der Waals surface area contributed by atoms with Gasteiger partial charge in [0.05, 0.1) is 0 Å². The summed E-state index contributed by atoms with van der Waals surface area (Å²) in [6.45, 7) is 2.03. The Morgan fingerprint density at radius 2 is 1.79 bits per heavy atom. The van der Waals surface area contributed by atoms with Gasteiger partial charge < -0.3 is 0 Å². The third kappa shape index (κ3) is 4.66. The van der Waals surface area contributed by atoms with Gasteiger partial charge in [0, 0.05) is 10.6 Å². The molecule has 3 heteroatoms. The number of carbonyl (C=O) groups excluding carboxylic acids is 1. The van der Waals surface area contributed by atoms with Crippen molar-refractivity contribution in [3.05, 3.63) is 76.3 Å². The molecule has 2 aromatic rings. The highest BCUT2D eigenvalue weighted by Crippen LogP contribution is 2.11. The van der Waals surface area contributed by atoms with E-state index in [2.05, 4.69) is 0 Å². The molecule has 19 heavy (non-hydrogen) atoms. The molecular formula is C16H14BrClO. The van der Waals surface area contributed by atoms with Gasteiger partial charge in [0.15, 0.2) is 5.78 Å². The molecule has 0 aliphatic rings. The monoisotopic (exact) mass is 336 g/mol. The Kier molecular flexibility index (Phi) is 6.00. The fourth-order valence-corrected chi connectivity index (χ4v) is 1.78. The fourth-order valence-electron chi connectivity index (χ4n) is 1.66. The Morgan fingerprint density at radius 1 is 1.11 bits per heavy atom. The molecule has 0 aliphatic heterocycles. The van der Waals surface area contributed by atoms with E-state index in [-0.39, 0.29) is 22.8 Å². The van der Waals surface area contributed by atoms with E-state index in [9.17, 15) is 4.79 Å². The van der Waals surface area contributed by atoms with Crippen molar-refractivity contribution in [3.8, 4) is 0 Å². The molecule has 0 amide bonds. The molecule has 0 radical (unpaired) electrons. The zero-order valence-electron chi connectivity index (χ0n) is 10.5. The molecule has 0 N–H and O–H groups in total. The molecule has 0 aromatic heterocycles. The van der Waals surface area contributed by atoms with Gasteiger partial charge in [-0.15, -0.1) is 17.0 Å². The fraction of sp³-hybridized carbons (Fsp3) is 0.0625. The van der Waals surface area contributed by atoms with Gasteiger partial charge in [0.25, 0.3) is 0 Å². The van der Waals surface area contributed by atoms with E-state index in [1.54, 1.807) is 30.3 Å². The van der Waals surface area contributed by atoms with Gasteiger partial charge in [-0.2, -0.15) is 0 Å². The Hall–Kier alpha value is -1.38. The molecule has 0 saturated carbocycles. The number of hydrogen-bond donors (Lipinski definition) is 0. The number of rotatable bonds is 3. The van der Waals surface area contributed by atoms with E-state index in [1.165, 1.54) is 5.56 Å². The number of aryl methyl sites for hydroxylation is 1. The van der Waals surface area contributed by atoms with Crippen molar-refractivity contribution < 1.29 is 4.79 Å². The summed E-state index contributed by atoms with van der Waals surface area (Å²) >= 11 is 5.78. The first-order valence-corrected chi connectivity index (χ1v) is 6.07. The second-order valence-corrected chi connectivity index (χ2v) is 4.56. The minimum atomic E-state index is -0.0202. The van der Waals surface area contributed by atoms with Crippen LogP contribution in [0.4, 0.5) is 0 Å². The highest BCUT2D eigenvalue weighted by molar-refractivity contribution is 8.93. The number of benzene rings is 2. The van der Waals surface area contributed by atoms with Gasteiger partial charge in [-0.05, 0) is 42.8 Å². The topological polar surface area (TPSA) is 17.1 Å². The summed E-state index contributed by atoms with van der Waals surface area (Å²) in [6.07, 6.45) is 3.40. The van der Waals surface area contributed by atoms with Crippen LogP contribution >= 0.6 is 28.6 Å². The Balaban J connectivity index is 0.00000180. The maximum Gasteiger partial charge on any atom is 0.185 e. The smallest absolute Gasteiger partial charge is 0.185 e. The maximum absolute atomic E-state index is 11.9. The third-order valence-electron chi connectivity index (χ3n) is 2.60. The molecule has 2 aromatic carbocycles. The SMILES string of the molecule is Br.Cc1cccc(C=CC(=O)c2ccc(Cl)cc2)c1. The number of carbonyl (C=O) groups is 1. The molecule has 0 atom stereocenters. The van der Waals surface area contributed by atoms with Crippen LogP contribution < -0.4 is 0 Å². The summed E-state index contributed by atoms with van der Waals surface area (Å²) in [5, 5.41) is 0.634. The predicted octanol–water partition coefficient (Wildman–Crippen LogP) is 5.12. The zero-order valence-corrected chi connectivity index (χ0v) is 12.9. The summed E-state index contributed by atoms with van der Waals surface area (Å²) in [4.78, 5) is 11.9. The summed E-state index contributed by atoms with van der Waals surface area (Å²) in [5.41, 5.74) is 2.84. The highest BCUT2D eigenvalue weighted by Gasteiger charge is 2.00. The molecule has 0 aliphatic carbocycles. The van der Waals surface area contributed by atoms with Gasteiger partial charge in [-0.1, -0.05) is 47.5 Å². The molecule has 98 valence electrons. The molecule has 0 spiro atoms. The first-order chi connectivity index (χ1) is 8.65. The van der Waals surface area contributed by atoms with Gasteiger partial charge in [-0.3, -0.25) is 4.79 Å². The number of hydrogen-bond acceptors (Lipinski definition) is 1. The Morgan fingerprint density at radius 3 is 2.42 bits per heavy atom. The lowest BCUT2D eigenvalue weighted by molar-refractivity contribution is 0.104. The van der Waals surface area contributed by atoms with Gasteiger partial charge in [0.2, 0.25) is 0 Å². The lowest BCUT2D eigenvalue weighted by Crippen LogP contribution is -1.93. The van der Waals surface area contributed by atoms with Crippen molar-refractivity contribution in [3.63, 3.8) is 0 Å². The van der Waals surface area contributed by atoms with Crippen LogP contribution in [0.5, 0.6) is 0 Å². The summed E-state index contributed by atoms with van der Waals surface area (Å²) in [6, 6.07) is 14.9. The number of ketones is 1. The standard InChI is InChI=1S/C16H13ClO.BrH/c1-12-3-2-4-13(11-12)5-10-16(18)14-6-8-15(17)9-7-14;/h2-11H,1H3;1H. The minimum absolute atomic E-state index is 0. The highest BCUT2D eigenvalue weighted by atomic mass is 79.9. The van der Waals surface area contributed by atoms with Crippen LogP contribution in [0.1, 0.15) is 21.5 Å². The van der Waals surface area contributed by atoms with Crippen molar-refractivity contribution in [1.82, 2.24) is 0 Å². The Bertz CT molecular complexity index is 588. The molecule has 0 bridgehead atoms. The van der Waals surface area contributed by atoms with E-state index in [0.29, 0.717) is 10.6 Å². The summed E-state index contributed by atoms with van der Waals surface area (Å²) in [5.74, 6) is -0.0202. The van der Waals surface area contributed by atoms with Crippen LogP contribution in [0.2, 0.25) is 5.02 Å². The molecule has 0 heterocycles. The van der Waals surface area contributed by atoms with Crippen molar-refractivity contribution in [2.45, 2.75) is 6.92 Å². The van der Waals surface area contributed by atoms with E-state index >= 15 is 0 Å². The van der Waals surface area contributed by atoms with Crippen LogP contribution in [-0.2, 0) is 0 Å². The summed E-state index contributed by atoms with van der Waals surface area (Å²) in [7, 11) is 0. The normalized spacial score (nSPS) is 10.2. The van der Waals surface area contributed by atoms with Crippen LogP contribution in [0.3, 0.4) is 0 Å². The second-order valence-electron chi connectivity index (χ2n) is 4.12. The molecule has 1 nitrogen and oxygen atoms in total. The van der Waals surface area contributed by atoms with Gasteiger partial charge >= 0.3 is 0 Å². The average molecular weight is 338 g/mol. The van der Waals surface area contributed by atoms with Crippen molar-refractivity contribution in [2.75, 3.05) is 0 Å². The molecule has 2 rings (SSSR count). The van der Waals surface area contributed by atoms with E-state index in [0.717, 1.165) is 5.56 Å². The minimum Gasteiger partial charge on any atom is -0.289 e. The van der Waals surface area contributed by atoms with E-state index in [1.807, 2.05) is 37.3 Å². The first-order valence-electron chi connectivity index (χ1n) is 5.70. The van der Waals surface area contributed by atoms with Crippen LogP contribution in [0, 0.1) is 6.92 Å². The van der Waals surface area contributed by atoms with Gasteiger partial charge in [0.1, 0.15) is 0 Å². The average Bonchev–Trinajstić information content (AvgIpc) is 2.37. The number of halogens is 2.